The van der Waals surface area contributed by atoms with Crippen molar-refractivity contribution in [2.24, 2.45) is 5.10 Å². The molecule has 1 saturated heterocycles. The molecular formula is C16H19FN4O2. The summed E-state index contributed by atoms with van der Waals surface area (Å²) in [5, 5.41) is 7.36. The number of rotatable bonds is 1. The molecule has 0 bridgehead atoms. The molecule has 0 spiro atoms. The molecule has 3 aliphatic rings. The van der Waals surface area contributed by atoms with Crippen LogP contribution in [-0.2, 0) is 4.79 Å². The summed E-state index contributed by atoms with van der Waals surface area (Å²) in [7, 11) is 0. The van der Waals surface area contributed by atoms with Gasteiger partial charge >= 0.3 is 0 Å². The average Bonchev–Trinajstić information content (AvgIpc) is 2.58. The Kier molecular flexibility index (Phi) is 3.45. The molecule has 1 aromatic carbocycles. The van der Waals surface area contributed by atoms with E-state index in [0.717, 1.165) is 31.6 Å². The van der Waals surface area contributed by atoms with Gasteiger partial charge in [0.05, 0.1) is 5.69 Å². The van der Waals surface area contributed by atoms with Crippen LogP contribution in [0.2, 0.25) is 0 Å². The molecule has 3 aliphatic heterocycles. The summed E-state index contributed by atoms with van der Waals surface area (Å²) in [6.07, 6.45) is 1.82. The molecule has 1 fully saturated rings. The van der Waals surface area contributed by atoms with Crippen molar-refractivity contribution in [2.75, 3.05) is 24.6 Å². The van der Waals surface area contributed by atoms with Crippen LogP contribution in [0.4, 0.5) is 10.1 Å². The molecule has 7 heteroatoms. The summed E-state index contributed by atoms with van der Waals surface area (Å²) in [5.41, 5.74) is 3.93. The molecule has 2 N–H and O–H groups in total. The second-order valence-corrected chi connectivity index (χ2v) is 6.20. The molecule has 4 rings (SSSR count). The minimum atomic E-state index is -0.392. The van der Waals surface area contributed by atoms with Gasteiger partial charge in [-0.25, -0.2) is 9.82 Å². The molecule has 1 aromatic rings. The van der Waals surface area contributed by atoms with E-state index in [1.54, 1.807) is 0 Å². The van der Waals surface area contributed by atoms with E-state index in [9.17, 15) is 9.18 Å². The Bertz CT molecular complexity index is 685. The van der Waals surface area contributed by atoms with E-state index in [2.05, 4.69) is 15.8 Å². The van der Waals surface area contributed by atoms with Crippen molar-refractivity contribution in [3.8, 4) is 5.75 Å². The van der Waals surface area contributed by atoms with Crippen LogP contribution >= 0.6 is 0 Å². The lowest BCUT2D eigenvalue weighted by Gasteiger charge is -2.38. The summed E-state index contributed by atoms with van der Waals surface area (Å²) in [4.78, 5) is 13.8. The number of hydrogen-bond acceptors (Lipinski definition) is 5. The number of piperidine rings is 1. The van der Waals surface area contributed by atoms with E-state index >= 15 is 0 Å². The maximum Gasteiger partial charge on any atom is 0.262 e. The Morgan fingerprint density at radius 3 is 2.91 bits per heavy atom. The first-order chi connectivity index (χ1) is 11.1. The fourth-order valence-corrected chi connectivity index (χ4v) is 3.51. The number of halogens is 1. The van der Waals surface area contributed by atoms with Crippen LogP contribution < -0.4 is 20.4 Å². The smallest absolute Gasteiger partial charge is 0.262 e. The summed E-state index contributed by atoms with van der Waals surface area (Å²) < 4.78 is 20.2. The first kappa shape index (κ1) is 14.4. The van der Waals surface area contributed by atoms with Gasteiger partial charge in [-0.15, -0.1) is 0 Å². The van der Waals surface area contributed by atoms with Crippen molar-refractivity contribution < 1.29 is 13.9 Å². The monoisotopic (exact) mass is 318 g/mol. The maximum atomic E-state index is 14.5. The van der Waals surface area contributed by atoms with Gasteiger partial charge in [-0.3, -0.25) is 4.79 Å². The Labute approximate surface area is 133 Å². The van der Waals surface area contributed by atoms with Crippen LogP contribution in [0.25, 0.3) is 0 Å². The van der Waals surface area contributed by atoms with Crippen LogP contribution in [0, 0.1) is 5.82 Å². The number of benzene rings is 1. The molecule has 0 saturated carbocycles. The first-order valence-corrected chi connectivity index (χ1v) is 7.98. The molecule has 23 heavy (non-hydrogen) atoms. The highest BCUT2D eigenvalue weighted by molar-refractivity contribution is 6.09. The highest BCUT2D eigenvalue weighted by Crippen LogP contribution is 2.40. The first-order valence-electron chi connectivity index (χ1n) is 7.98. The van der Waals surface area contributed by atoms with Gasteiger partial charge in [0.2, 0.25) is 0 Å². The van der Waals surface area contributed by atoms with Crippen molar-refractivity contribution in [1.82, 2.24) is 10.7 Å². The molecule has 0 aromatic heterocycles. The second-order valence-electron chi connectivity index (χ2n) is 6.20. The number of hydrogen-bond donors (Lipinski definition) is 2. The number of carbonyl (C=O) groups excluding carboxylic acids is 1. The standard InChI is InChI=1S/C16H19FN4O2/c1-9-16(22)20-19-15-8-23-14-7-12(17)11(6-13(14)21(9)15)10-2-4-18-5-3-10/h6-7,9-10,18H,2-5,8H2,1H3,(H,20,22). The molecule has 1 atom stereocenters. The number of amidine groups is 1. The third kappa shape index (κ3) is 2.35. The van der Waals surface area contributed by atoms with E-state index in [-0.39, 0.29) is 24.2 Å². The zero-order valence-corrected chi connectivity index (χ0v) is 12.9. The molecule has 6 nitrogen and oxygen atoms in total. The van der Waals surface area contributed by atoms with Crippen molar-refractivity contribution >= 4 is 17.4 Å². The highest BCUT2D eigenvalue weighted by atomic mass is 19.1. The number of hydrazone groups is 1. The van der Waals surface area contributed by atoms with E-state index < -0.39 is 6.04 Å². The Morgan fingerprint density at radius 2 is 2.13 bits per heavy atom. The second kappa shape index (κ2) is 5.49. The molecule has 0 radical (unpaired) electrons. The Balaban J connectivity index is 1.78. The van der Waals surface area contributed by atoms with Crippen molar-refractivity contribution in [2.45, 2.75) is 31.7 Å². The Morgan fingerprint density at radius 1 is 1.35 bits per heavy atom. The summed E-state index contributed by atoms with van der Waals surface area (Å²) in [6, 6.07) is 2.89. The van der Waals surface area contributed by atoms with E-state index in [1.807, 2.05) is 17.9 Å². The summed E-state index contributed by atoms with van der Waals surface area (Å²) in [5.74, 6) is 0.908. The van der Waals surface area contributed by atoms with Gasteiger partial charge in [-0.1, -0.05) is 0 Å². The fraction of sp³-hybridized carbons (Fsp3) is 0.500. The minimum absolute atomic E-state index is 0.172. The fourth-order valence-electron chi connectivity index (χ4n) is 3.51. The Hall–Kier alpha value is -2.15. The number of ether oxygens (including phenoxy) is 1. The van der Waals surface area contributed by atoms with Crippen LogP contribution in [0.1, 0.15) is 31.2 Å². The van der Waals surface area contributed by atoms with E-state index in [0.29, 0.717) is 17.1 Å². The summed E-state index contributed by atoms with van der Waals surface area (Å²) in [6.45, 7) is 3.83. The van der Waals surface area contributed by atoms with Gasteiger partial charge < -0.3 is 15.0 Å². The molecule has 1 unspecified atom stereocenters. The van der Waals surface area contributed by atoms with Gasteiger partial charge in [0.25, 0.3) is 5.91 Å². The lowest BCUT2D eigenvalue weighted by molar-refractivity contribution is -0.122. The molecule has 0 aliphatic carbocycles. The van der Waals surface area contributed by atoms with Gasteiger partial charge in [-0.05, 0) is 50.4 Å². The summed E-state index contributed by atoms with van der Waals surface area (Å²) >= 11 is 0. The number of anilines is 1. The van der Waals surface area contributed by atoms with Crippen LogP contribution in [0.3, 0.4) is 0 Å². The number of nitrogens with zero attached hydrogens (tertiary/aromatic N) is 2. The third-order valence-electron chi connectivity index (χ3n) is 4.81. The normalized spacial score (nSPS) is 24.3. The highest BCUT2D eigenvalue weighted by Gasteiger charge is 2.36. The van der Waals surface area contributed by atoms with Crippen molar-refractivity contribution in [3.05, 3.63) is 23.5 Å². The van der Waals surface area contributed by atoms with Gasteiger partial charge in [0.1, 0.15) is 24.2 Å². The maximum absolute atomic E-state index is 14.5. The zero-order valence-electron chi connectivity index (χ0n) is 12.9. The van der Waals surface area contributed by atoms with Gasteiger partial charge in [0.15, 0.2) is 5.84 Å². The minimum Gasteiger partial charge on any atom is -0.483 e. The third-order valence-corrected chi connectivity index (χ3v) is 4.81. The number of fused-ring (bicyclic) bond motifs is 3. The molecule has 122 valence electrons. The predicted octanol–water partition coefficient (Wildman–Crippen LogP) is 1.32. The topological polar surface area (TPSA) is 66.0 Å². The quantitative estimate of drug-likeness (QED) is 0.820. The number of carbonyl (C=O) groups is 1. The molecule has 1 amide bonds. The molecular weight excluding hydrogens is 299 g/mol. The average molecular weight is 318 g/mol. The van der Waals surface area contributed by atoms with Crippen molar-refractivity contribution in [1.29, 1.82) is 0 Å². The van der Waals surface area contributed by atoms with E-state index in [1.165, 1.54) is 6.07 Å². The largest absolute Gasteiger partial charge is 0.483 e. The zero-order chi connectivity index (χ0) is 16.0. The van der Waals surface area contributed by atoms with Crippen LogP contribution in [0.15, 0.2) is 17.2 Å². The van der Waals surface area contributed by atoms with Crippen molar-refractivity contribution in [3.63, 3.8) is 0 Å². The van der Waals surface area contributed by atoms with E-state index in [4.69, 9.17) is 4.74 Å². The van der Waals surface area contributed by atoms with Crippen LogP contribution in [0.5, 0.6) is 5.75 Å². The number of amides is 1. The van der Waals surface area contributed by atoms with Gasteiger partial charge in [-0.2, -0.15) is 5.10 Å². The SMILES string of the molecule is CC1C(=O)NN=C2COc3cc(F)c(C4CCNCC4)cc3N21. The predicted molar refractivity (Wildman–Crippen MR) is 84.3 cm³/mol. The molecule has 3 heterocycles. The van der Waals surface area contributed by atoms with Gasteiger partial charge in [0, 0.05) is 6.07 Å². The van der Waals surface area contributed by atoms with Crippen LogP contribution in [-0.4, -0.2) is 37.5 Å². The number of nitrogens with one attached hydrogen (secondary N) is 2. The lowest BCUT2D eigenvalue weighted by atomic mass is 9.89. The lowest BCUT2D eigenvalue weighted by Crippen LogP contribution is -2.55.